The fourth-order valence-corrected chi connectivity index (χ4v) is 2.63. The van der Waals surface area contributed by atoms with Gasteiger partial charge in [-0.2, -0.15) is 0 Å². The quantitative estimate of drug-likeness (QED) is 0.864. The number of hydrogen-bond acceptors (Lipinski definition) is 3. The maximum atomic E-state index is 8.69. The number of aliphatic hydroxyl groups excluding tert-OH is 1. The molecule has 0 bridgehead atoms. The van der Waals surface area contributed by atoms with Gasteiger partial charge in [0.1, 0.15) is 0 Å². The Bertz CT molecular complexity index is 565. The summed E-state index contributed by atoms with van der Waals surface area (Å²) in [4.78, 5) is 3.51. The molecular formula is C16H17NOS. The molecule has 98 valence electrons. The second-order valence-electron chi connectivity index (χ2n) is 4.27. The van der Waals surface area contributed by atoms with Gasteiger partial charge < -0.3 is 10.0 Å². The smallest absolute Gasteiger partial charge is 0.0540 e. The largest absolute Gasteiger partial charge is 0.395 e. The highest BCUT2D eigenvalue weighted by molar-refractivity contribution is 7.10. The minimum Gasteiger partial charge on any atom is -0.395 e. The summed E-state index contributed by atoms with van der Waals surface area (Å²) in [6.45, 7) is 1.01. The molecule has 0 aliphatic rings. The van der Waals surface area contributed by atoms with E-state index in [1.807, 2.05) is 18.2 Å². The fourth-order valence-electron chi connectivity index (χ4n) is 1.76. The van der Waals surface area contributed by atoms with Crippen LogP contribution in [0, 0.1) is 11.8 Å². The summed E-state index contributed by atoms with van der Waals surface area (Å²) in [5.41, 5.74) is 2.25. The highest BCUT2D eigenvalue weighted by Gasteiger charge is 2.03. The third kappa shape index (κ3) is 4.13. The van der Waals surface area contributed by atoms with Crippen molar-refractivity contribution >= 4 is 17.0 Å². The van der Waals surface area contributed by atoms with Crippen LogP contribution in [-0.4, -0.2) is 18.8 Å². The molecule has 1 heterocycles. The van der Waals surface area contributed by atoms with E-state index in [9.17, 15) is 0 Å². The second-order valence-corrected chi connectivity index (χ2v) is 5.26. The molecule has 2 aromatic rings. The van der Waals surface area contributed by atoms with Gasteiger partial charge >= 0.3 is 0 Å². The molecule has 1 aromatic carbocycles. The molecule has 0 aliphatic carbocycles. The number of benzene rings is 1. The van der Waals surface area contributed by atoms with E-state index >= 15 is 0 Å². The van der Waals surface area contributed by atoms with Crippen molar-refractivity contribution in [2.24, 2.45) is 0 Å². The van der Waals surface area contributed by atoms with Crippen LogP contribution in [0.5, 0.6) is 0 Å². The summed E-state index contributed by atoms with van der Waals surface area (Å²) in [6, 6.07) is 12.5. The standard InChI is InChI=1S/C16H17NOS/c1-17(15-8-3-2-4-9-15)12-16-11-14(13-19-16)7-5-6-10-18/h2-4,8-9,11,13,18H,6,10,12H2,1H3. The number of anilines is 1. The number of rotatable bonds is 4. The Morgan fingerprint density at radius 2 is 2.05 bits per heavy atom. The van der Waals surface area contributed by atoms with E-state index in [0.29, 0.717) is 6.42 Å². The van der Waals surface area contributed by atoms with Crippen molar-refractivity contribution < 1.29 is 5.11 Å². The van der Waals surface area contributed by atoms with Crippen LogP contribution in [0.15, 0.2) is 41.8 Å². The van der Waals surface area contributed by atoms with Crippen LogP contribution in [0.25, 0.3) is 0 Å². The predicted octanol–water partition coefficient (Wildman–Crippen LogP) is 3.12. The van der Waals surface area contributed by atoms with Crippen LogP contribution in [0.1, 0.15) is 16.9 Å². The lowest BCUT2D eigenvalue weighted by molar-refractivity contribution is 0.305. The Morgan fingerprint density at radius 1 is 1.26 bits per heavy atom. The monoisotopic (exact) mass is 271 g/mol. The van der Waals surface area contributed by atoms with Crippen molar-refractivity contribution in [3.63, 3.8) is 0 Å². The van der Waals surface area contributed by atoms with Crippen molar-refractivity contribution in [2.45, 2.75) is 13.0 Å². The lowest BCUT2D eigenvalue weighted by Gasteiger charge is -2.17. The number of nitrogens with zero attached hydrogens (tertiary/aromatic N) is 1. The van der Waals surface area contributed by atoms with Gasteiger partial charge in [-0.05, 0) is 18.2 Å². The maximum absolute atomic E-state index is 8.69. The Kier molecular flexibility index (Phi) is 5.02. The first-order valence-electron chi connectivity index (χ1n) is 6.23. The van der Waals surface area contributed by atoms with Gasteiger partial charge in [0.05, 0.1) is 13.2 Å². The van der Waals surface area contributed by atoms with Crippen LogP contribution in [0.4, 0.5) is 5.69 Å². The van der Waals surface area contributed by atoms with Gasteiger partial charge in [0, 0.05) is 35.0 Å². The average molecular weight is 271 g/mol. The van der Waals surface area contributed by atoms with Crippen molar-refractivity contribution in [3.8, 4) is 11.8 Å². The number of thiophene rings is 1. The first-order chi connectivity index (χ1) is 9.29. The van der Waals surface area contributed by atoms with Gasteiger partial charge in [-0.1, -0.05) is 30.0 Å². The molecule has 3 heteroatoms. The number of aliphatic hydroxyl groups is 1. The SMILES string of the molecule is CN(Cc1cc(C#CCCO)cs1)c1ccccc1. The third-order valence-corrected chi connectivity index (χ3v) is 3.63. The van der Waals surface area contributed by atoms with Gasteiger partial charge in [0.15, 0.2) is 0 Å². The molecule has 0 aliphatic heterocycles. The van der Waals surface area contributed by atoms with Crippen LogP contribution in [0.2, 0.25) is 0 Å². The van der Waals surface area contributed by atoms with E-state index in [0.717, 1.165) is 12.1 Å². The van der Waals surface area contributed by atoms with Crippen molar-refractivity contribution in [1.82, 2.24) is 0 Å². The molecule has 1 N–H and O–H groups in total. The summed E-state index contributed by atoms with van der Waals surface area (Å²) in [7, 11) is 2.09. The molecule has 0 fully saturated rings. The van der Waals surface area contributed by atoms with Crippen molar-refractivity contribution in [2.75, 3.05) is 18.6 Å². The molecule has 0 atom stereocenters. The van der Waals surface area contributed by atoms with E-state index in [2.05, 4.69) is 47.4 Å². The summed E-state index contributed by atoms with van der Waals surface area (Å²) in [5, 5.41) is 10.8. The molecule has 0 unspecified atom stereocenters. The summed E-state index contributed by atoms with van der Waals surface area (Å²) < 4.78 is 0. The molecule has 0 amide bonds. The number of hydrogen-bond donors (Lipinski definition) is 1. The zero-order valence-corrected chi connectivity index (χ0v) is 11.8. The zero-order valence-electron chi connectivity index (χ0n) is 11.0. The van der Waals surface area contributed by atoms with Crippen LogP contribution in [0.3, 0.4) is 0 Å². The first kappa shape index (κ1) is 13.7. The Hall–Kier alpha value is -1.76. The van der Waals surface area contributed by atoms with Gasteiger partial charge in [-0.25, -0.2) is 0 Å². The second kappa shape index (κ2) is 6.98. The molecular weight excluding hydrogens is 254 g/mol. The van der Waals surface area contributed by atoms with Crippen LogP contribution in [-0.2, 0) is 6.54 Å². The topological polar surface area (TPSA) is 23.5 Å². The van der Waals surface area contributed by atoms with E-state index in [-0.39, 0.29) is 6.61 Å². The van der Waals surface area contributed by atoms with E-state index < -0.39 is 0 Å². The lowest BCUT2D eigenvalue weighted by Crippen LogP contribution is -2.15. The van der Waals surface area contributed by atoms with Gasteiger partial charge in [-0.15, -0.1) is 11.3 Å². The maximum Gasteiger partial charge on any atom is 0.0540 e. The highest BCUT2D eigenvalue weighted by Crippen LogP contribution is 2.19. The lowest BCUT2D eigenvalue weighted by atomic mass is 10.2. The van der Waals surface area contributed by atoms with Crippen LogP contribution < -0.4 is 4.90 Å². The third-order valence-electron chi connectivity index (χ3n) is 2.71. The summed E-state index contributed by atoms with van der Waals surface area (Å²) in [6.07, 6.45) is 0.537. The molecule has 0 spiro atoms. The molecule has 2 rings (SSSR count). The Balaban J connectivity index is 1.99. The molecule has 0 radical (unpaired) electrons. The minimum absolute atomic E-state index is 0.126. The summed E-state index contributed by atoms with van der Waals surface area (Å²) in [5.74, 6) is 6.00. The van der Waals surface area contributed by atoms with E-state index in [1.54, 1.807) is 11.3 Å². The molecule has 2 nitrogen and oxygen atoms in total. The van der Waals surface area contributed by atoms with Gasteiger partial charge in [0.2, 0.25) is 0 Å². The fraction of sp³-hybridized carbons (Fsp3) is 0.250. The van der Waals surface area contributed by atoms with Crippen LogP contribution >= 0.6 is 11.3 Å². The number of para-hydroxylation sites is 1. The molecule has 0 saturated carbocycles. The van der Waals surface area contributed by atoms with Gasteiger partial charge in [-0.3, -0.25) is 0 Å². The Morgan fingerprint density at radius 3 is 2.79 bits per heavy atom. The average Bonchev–Trinajstić information content (AvgIpc) is 2.88. The van der Waals surface area contributed by atoms with E-state index in [4.69, 9.17) is 5.11 Å². The van der Waals surface area contributed by atoms with Gasteiger partial charge in [0.25, 0.3) is 0 Å². The zero-order chi connectivity index (χ0) is 13.5. The minimum atomic E-state index is 0.126. The van der Waals surface area contributed by atoms with Crippen molar-refractivity contribution in [1.29, 1.82) is 0 Å². The molecule has 0 saturated heterocycles. The summed E-state index contributed by atoms with van der Waals surface area (Å²) >= 11 is 1.72. The highest BCUT2D eigenvalue weighted by atomic mass is 32.1. The molecule has 1 aromatic heterocycles. The van der Waals surface area contributed by atoms with Crippen molar-refractivity contribution in [3.05, 3.63) is 52.2 Å². The Labute approximate surface area is 118 Å². The normalized spacial score (nSPS) is 9.79. The first-order valence-corrected chi connectivity index (χ1v) is 7.11. The predicted molar refractivity (Wildman–Crippen MR) is 81.4 cm³/mol. The molecule has 19 heavy (non-hydrogen) atoms. The van der Waals surface area contributed by atoms with E-state index in [1.165, 1.54) is 10.6 Å².